The minimum Gasteiger partial charge on any atom is -0.338 e. The van der Waals surface area contributed by atoms with Crippen LogP contribution in [0, 0.1) is 0 Å². The van der Waals surface area contributed by atoms with E-state index in [1.165, 1.54) is 11.3 Å². The highest BCUT2D eigenvalue weighted by molar-refractivity contribution is 7.12. The van der Waals surface area contributed by atoms with Crippen LogP contribution >= 0.6 is 11.3 Å². The summed E-state index contributed by atoms with van der Waals surface area (Å²) in [6.07, 6.45) is 1.09. The molecule has 2 heterocycles. The van der Waals surface area contributed by atoms with E-state index in [0.29, 0.717) is 24.4 Å². The monoisotopic (exact) mass is 433 g/mol. The van der Waals surface area contributed by atoms with Crippen molar-refractivity contribution in [2.45, 2.75) is 25.8 Å². The average Bonchev–Trinajstić information content (AvgIpc) is 3.33. The Labute approximate surface area is 184 Å². The number of ketones is 1. The van der Waals surface area contributed by atoms with E-state index in [1.54, 1.807) is 11.0 Å². The first-order chi connectivity index (χ1) is 15.1. The molecule has 0 radical (unpaired) electrons. The van der Waals surface area contributed by atoms with Gasteiger partial charge in [0.2, 0.25) is 5.91 Å². The van der Waals surface area contributed by atoms with Crippen LogP contribution in [0.5, 0.6) is 0 Å². The fourth-order valence-corrected chi connectivity index (χ4v) is 4.38. The molecule has 0 bridgehead atoms. The second kappa shape index (κ2) is 9.57. The maximum absolute atomic E-state index is 12.6. The summed E-state index contributed by atoms with van der Waals surface area (Å²) in [6, 6.07) is 18.3. The van der Waals surface area contributed by atoms with Gasteiger partial charge in [0, 0.05) is 37.3 Å². The molecule has 0 spiro atoms. The molecular formula is C24H23N3O3S. The van der Waals surface area contributed by atoms with Gasteiger partial charge in [0.15, 0.2) is 5.78 Å². The number of nitrogens with zero attached hydrogens (tertiary/aromatic N) is 1. The van der Waals surface area contributed by atoms with Gasteiger partial charge in [0.25, 0.3) is 0 Å². The summed E-state index contributed by atoms with van der Waals surface area (Å²) in [6.45, 7) is 1.05. The van der Waals surface area contributed by atoms with Gasteiger partial charge in [-0.15, -0.1) is 11.3 Å². The van der Waals surface area contributed by atoms with E-state index in [0.717, 1.165) is 22.5 Å². The lowest BCUT2D eigenvalue weighted by atomic mass is 9.97. The molecule has 1 aromatic heterocycles. The van der Waals surface area contributed by atoms with Crippen LogP contribution in [0.3, 0.4) is 0 Å². The van der Waals surface area contributed by atoms with E-state index < -0.39 is 0 Å². The summed E-state index contributed by atoms with van der Waals surface area (Å²) in [4.78, 5) is 39.7. The molecule has 0 saturated heterocycles. The fourth-order valence-electron chi connectivity index (χ4n) is 3.68. The molecule has 6 nitrogen and oxygen atoms in total. The normalized spacial score (nSPS) is 12.7. The Balaban J connectivity index is 1.35. The Hall–Kier alpha value is -3.45. The second-order valence-corrected chi connectivity index (χ2v) is 8.30. The summed E-state index contributed by atoms with van der Waals surface area (Å²) in [7, 11) is 0. The van der Waals surface area contributed by atoms with Crippen molar-refractivity contribution in [1.29, 1.82) is 0 Å². The van der Waals surface area contributed by atoms with Crippen molar-refractivity contribution in [2.24, 2.45) is 0 Å². The Morgan fingerprint density at radius 2 is 1.74 bits per heavy atom. The van der Waals surface area contributed by atoms with Gasteiger partial charge in [-0.2, -0.15) is 0 Å². The van der Waals surface area contributed by atoms with Crippen molar-refractivity contribution in [3.05, 3.63) is 82.0 Å². The van der Waals surface area contributed by atoms with Crippen LogP contribution in [0.2, 0.25) is 0 Å². The van der Waals surface area contributed by atoms with E-state index >= 15 is 0 Å². The summed E-state index contributed by atoms with van der Waals surface area (Å²) in [5.74, 6) is -0.00702. The Kier molecular flexibility index (Phi) is 6.43. The molecule has 1 aliphatic heterocycles. The standard InChI is InChI=1S/C24H23N3O3S/c28-21(22-10-5-15-31-22)11-12-23(29)27-14-13-19-17(16-27)6-4-9-20(19)26-24(30)25-18-7-2-1-3-8-18/h1-10,15H,11-14,16H2,(H2,25,26,30). The number of amides is 3. The molecule has 0 fully saturated rings. The van der Waals surface area contributed by atoms with E-state index in [2.05, 4.69) is 10.6 Å². The quantitative estimate of drug-likeness (QED) is 0.541. The number of carbonyl (C=O) groups excluding carboxylic acids is 3. The van der Waals surface area contributed by atoms with Gasteiger partial charge in [0.1, 0.15) is 0 Å². The summed E-state index contributed by atoms with van der Waals surface area (Å²) >= 11 is 1.40. The number of benzene rings is 2. The molecule has 3 aromatic rings. The molecule has 0 saturated carbocycles. The van der Waals surface area contributed by atoms with Gasteiger partial charge in [-0.25, -0.2) is 4.79 Å². The Bertz CT molecular complexity index is 1080. The molecule has 31 heavy (non-hydrogen) atoms. The van der Waals surface area contributed by atoms with Crippen LogP contribution in [-0.2, 0) is 17.8 Å². The number of hydrogen-bond acceptors (Lipinski definition) is 4. The first kappa shape index (κ1) is 20.8. The maximum Gasteiger partial charge on any atom is 0.323 e. The van der Waals surface area contributed by atoms with Crippen LogP contribution in [0.15, 0.2) is 66.0 Å². The zero-order valence-corrected chi connectivity index (χ0v) is 17.8. The van der Waals surface area contributed by atoms with Crippen LogP contribution < -0.4 is 10.6 Å². The third kappa shape index (κ3) is 5.19. The highest BCUT2D eigenvalue weighted by Crippen LogP contribution is 2.27. The lowest BCUT2D eigenvalue weighted by molar-refractivity contribution is -0.132. The molecule has 2 aromatic carbocycles. The number of rotatable bonds is 6. The number of nitrogens with one attached hydrogen (secondary N) is 2. The molecule has 7 heteroatoms. The van der Waals surface area contributed by atoms with Crippen LogP contribution in [0.25, 0.3) is 0 Å². The summed E-state index contributed by atoms with van der Waals surface area (Å²) < 4.78 is 0. The first-order valence-electron chi connectivity index (χ1n) is 10.2. The van der Waals surface area contributed by atoms with Crippen LogP contribution in [0.4, 0.5) is 16.2 Å². The van der Waals surface area contributed by atoms with Crippen molar-refractivity contribution in [2.75, 3.05) is 17.2 Å². The van der Waals surface area contributed by atoms with E-state index in [-0.39, 0.29) is 30.6 Å². The number of thiophene rings is 1. The van der Waals surface area contributed by atoms with Gasteiger partial charge in [-0.3, -0.25) is 9.59 Å². The van der Waals surface area contributed by atoms with Crippen molar-refractivity contribution < 1.29 is 14.4 Å². The maximum atomic E-state index is 12.6. The average molecular weight is 434 g/mol. The first-order valence-corrected chi connectivity index (χ1v) is 11.1. The molecular weight excluding hydrogens is 410 g/mol. The van der Waals surface area contributed by atoms with Gasteiger partial charge >= 0.3 is 6.03 Å². The van der Waals surface area contributed by atoms with Crippen molar-refractivity contribution in [3.8, 4) is 0 Å². The Morgan fingerprint density at radius 1 is 0.903 bits per heavy atom. The van der Waals surface area contributed by atoms with Crippen molar-refractivity contribution in [3.63, 3.8) is 0 Å². The third-order valence-corrected chi connectivity index (χ3v) is 6.17. The number of Topliss-reactive ketones (excluding diaryl/α,β-unsaturated/α-hetero) is 1. The number of urea groups is 1. The van der Waals surface area contributed by atoms with Crippen LogP contribution in [0.1, 0.15) is 33.6 Å². The smallest absolute Gasteiger partial charge is 0.323 e. The molecule has 158 valence electrons. The molecule has 1 aliphatic rings. The molecule has 0 atom stereocenters. The molecule has 0 unspecified atom stereocenters. The van der Waals surface area contributed by atoms with Gasteiger partial charge in [-0.1, -0.05) is 36.4 Å². The Morgan fingerprint density at radius 3 is 2.52 bits per heavy atom. The molecule has 2 N–H and O–H groups in total. The predicted octanol–water partition coefficient (Wildman–Crippen LogP) is 4.94. The highest BCUT2D eigenvalue weighted by Gasteiger charge is 2.23. The minimum atomic E-state index is -0.301. The third-order valence-electron chi connectivity index (χ3n) is 5.26. The number of anilines is 2. The van der Waals surface area contributed by atoms with Gasteiger partial charge < -0.3 is 15.5 Å². The predicted molar refractivity (Wildman–Crippen MR) is 123 cm³/mol. The number of carbonyl (C=O) groups is 3. The second-order valence-electron chi connectivity index (χ2n) is 7.35. The SMILES string of the molecule is O=C(Nc1ccccc1)Nc1cccc2c1CCN(C(=O)CCC(=O)c1cccs1)C2. The largest absolute Gasteiger partial charge is 0.338 e. The van der Waals surface area contributed by atoms with Crippen molar-refractivity contribution >= 4 is 40.4 Å². The van der Waals surface area contributed by atoms with Crippen LogP contribution in [-0.4, -0.2) is 29.2 Å². The minimum absolute atomic E-state index is 0.0108. The summed E-state index contributed by atoms with van der Waals surface area (Å²) in [5, 5.41) is 7.60. The zero-order valence-electron chi connectivity index (χ0n) is 17.0. The lowest BCUT2D eigenvalue weighted by Gasteiger charge is -2.30. The fraction of sp³-hybridized carbons (Fsp3) is 0.208. The van der Waals surface area contributed by atoms with E-state index in [1.807, 2.05) is 60.0 Å². The van der Waals surface area contributed by atoms with Gasteiger partial charge in [0.05, 0.1) is 4.88 Å². The molecule has 4 rings (SSSR count). The zero-order chi connectivity index (χ0) is 21.6. The topological polar surface area (TPSA) is 78.5 Å². The highest BCUT2D eigenvalue weighted by atomic mass is 32.1. The van der Waals surface area contributed by atoms with E-state index in [9.17, 15) is 14.4 Å². The van der Waals surface area contributed by atoms with Gasteiger partial charge in [-0.05, 0) is 47.2 Å². The van der Waals surface area contributed by atoms with E-state index in [4.69, 9.17) is 0 Å². The molecule has 0 aliphatic carbocycles. The molecule has 3 amide bonds. The summed E-state index contributed by atoms with van der Waals surface area (Å²) in [5.41, 5.74) is 3.54. The number of fused-ring (bicyclic) bond motifs is 1. The van der Waals surface area contributed by atoms with Crippen molar-refractivity contribution in [1.82, 2.24) is 4.90 Å². The number of para-hydroxylation sites is 1. The lowest BCUT2D eigenvalue weighted by Crippen LogP contribution is -2.36. The number of hydrogen-bond donors (Lipinski definition) is 2.